The van der Waals surface area contributed by atoms with Crippen molar-refractivity contribution in [2.24, 2.45) is 0 Å². The van der Waals surface area contributed by atoms with Crippen LogP contribution < -0.4 is 0 Å². The van der Waals surface area contributed by atoms with Crippen LogP contribution in [0.5, 0.6) is 0 Å². The number of aliphatic hydroxyl groups excluding tert-OH is 1. The molecular weight excluding hydrogens is 91.0 g/mol. The van der Waals surface area contributed by atoms with E-state index in [1.165, 1.54) is 0 Å². The van der Waals surface area contributed by atoms with E-state index < -0.39 is 0 Å². The Morgan fingerprint density at radius 1 is 1.50 bits per heavy atom. The summed E-state index contributed by atoms with van der Waals surface area (Å²) in [6.07, 6.45) is 0.875. The minimum atomic E-state index is 0. The minimum absolute atomic E-state index is 0. The Balaban J connectivity index is -0.0000000450. The average Bonchev–Trinajstić information content (AvgIpc) is 1.37. The predicted molar refractivity (Wildman–Crippen MR) is 34.9 cm³/mol. The van der Waals surface area contributed by atoms with E-state index in [0.29, 0.717) is 6.61 Å². The third kappa shape index (κ3) is 20.6. The van der Waals surface area contributed by atoms with Gasteiger partial charge in [0, 0.05) is 6.61 Å². The van der Waals surface area contributed by atoms with E-state index in [1.54, 1.807) is 0 Å². The summed E-state index contributed by atoms with van der Waals surface area (Å²) in [5, 5.41) is 7.88. The van der Waals surface area contributed by atoms with Gasteiger partial charge in [-0.2, -0.15) is 13.5 Å². The first-order valence-electron chi connectivity index (χ1n) is 1.52. The summed E-state index contributed by atoms with van der Waals surface area (Å²) in [6.45, 7) is 2.25. The molecule has 6 heavy (non-hydrogen) atoms. The Morgan fingerprint density at radius 3 is 1.67 bits per heavy atom. The topological polar surface area (TPSA) is 20.2 Å². The maximum atomic E-state index is 7.88. The maximum absolute atomic E-state index is 7.88. The third-order valence-electron chi connectivity index (χ3n) is 0.224. The Hall–Kier alpha value is 0.907. The molecule has 0 atom stereocenters. The molecule has 1 N–H and O–H groups in total. The van der Waals surface area contributed by atoms with Gasteiger partial charge in [-0.3, -0.25) is 0 Å². The molecule has 0 spiro atoms. The molecule has 0 unspecified atom stereocenters. The van der Waals surface area contributed by atoms with E-state index >= 15 is 0 Å². The molecule has 1 nitrogen and oxygen atoms in total. The van der Waals surface area contributed by atoms with Crippen molar-refractivity contribution in [3.8, 4) is 0 Å². The Bertz CT molecular complexity index is 12.8. The molecule has 0 radical (unpaired) electrons. The van der Waals surface area contributed by atoms with Crippen molar-refractivity contribution in [3.05, 3.63) is 0 Å². The van der Waals surface area contributed by atoms with Gasteiger partial charge in [0.05, 0.1) is 0 Å². The van der Waals surface area contributed by atoms with Crippen molar-refractivity contribution in [3.63, 3.8) is 0 Å². The van der Waals surface area contributed by atoms with Gasteiger partial charge >= 0.3 is 18.9 Å². The third-order valence-corrected chi connectivity index (χ3v) is 0.224. The zero-order valence-electron chi connectivity index (χ0n) is 3.36. The number of hydrogen-bond donors (Lipinski definition) is 1. The first-order chi connectivity index (χ1) is 1.91. The fraction of sp³-hybridized carbons (Fsp3) is 1.00. The number of aliphatic hydroxyl groups is 1. The van der Waals surface area contributed by atoms with Crippen LogP contribution in [0.2, 0.25) is 0 Å². The Morgan fingerprint density at radius 2 is 1.67 bits per heavy atom. The van der Waals surface area contributed by atoms with Crippen molar-refractivity contribution in [2.45, 2.75) is 13.3 Å². The summed E-state index contributed by atoms with van der Waals surface area (Å²) in [5.41, 5.74) is 0. The van der Waals surface area contributed by atoms with E-state index in [4.69, 9.17) is 5.11 Å². The number of rotatable bonds is 1. The van der Waals surface area contributed by atoms with Crippen LogP contribution in [0.25, 0.3) is 0 Å². The molecule has 0 aliphatic carbocycles. The van der Waals surface area contributed by atoms with E-state index in [1.807, 2.05) is 6.92 Å². The average molecular weight is 102 g/mol. The second-order valence-electron chi connectivity index (χ2n) is 0.724. The summed E-state index contributed by atoms with van der Waals surface area (Å²) in [4.78, 5) is 0. The molecule has 0 saturated heterocycles. The molecule has 0 aliphatic heterocycles. The van der Waals surface area contributed by atoms with Crippen molar-refractivity contribution >= 4 is 32.4 Å². The van der Waals surface area contributed by atoms with Gasteiger partial charge in [0.1, 0.15) is 0 Å². The van der Waals surface area contributed by atoms with Gasteiger partial charge < -0.3 is 5.11 Å². The molecule has 0 bridgehead atoms. The van der Waals surface area contributed by atoms with Gasteiger partial charge in [0.15, 0.2) is 0 Å². The van der Waals surface area contributed by atoms with Crippen molar-refractivity contribution in [1.29, 1.82) is 0 Å². The van der Waals surface area contributed by atoms with Gasteiger partial charge in [-0.1, -0.05) is 6.92 Å². The SMILES string of the molecule is CCCO.S.[LiH]. The summed E-state index contributed by atoms with van der Waals surface area (Å²) in [7, 11) is 0. The molecule has 0 aliphatic rings. The van der Waals surface area contributed by atoms with Gasteiger partial charge in [0.25, 0.3) is 0 Å². The molecule has 3 heteroatoms. The van der Waals surface area contributed by atoms with Crippen LogP contribution in [0.1, 0.15) is 13.3 Å². The fourth-order valence-corrected chi connectivity index (χ4v) is 0. The van der Waals surface area contributed by atoms with Gasteiger partial charge in [-0.15, -0.1) is 0 Å². The predicted octanol–water partition coefficient (Wildman–Crippen LogP) is -0.147. The van der Waals surface area contributed by atoms with Crippen molar-refractivity contribution in [2.75, 3.05) is 6.61 Å². The van der Waals surface area contributed by atoms with Gasteiger partial charge in [-0.25, -0.2) is 0 Å². The Kier molecular flexibility index (Phi) is 44.3. The normalized spacial score (nSPS) is 5.00. The molecule has 0 fully saturated rings. The molecular formula is C3H11LiOS. The Labute approximate surface area is 57.8 Å². The zero-order valence-corrected chi connectivity index (χ0v) is 4.36. The molecule has 36 valence electrons. The molecule has 0 aromatic heterocycles. The fourth-order valence-electron chi connectivity index (χ4n) is 0. The zero-order chi connectivity index (χ0) is 3.41. The first kappa shape index (κ1) is 15.8. The summed E-state index contributed by atoms with van der Waals surface area (Å²) in [5.74, 6) is 0. The standard InChI is InChI=1S/C3H8O.Li.H2S.H/c1-2-3-4;;;/h4H,2-3H2,1H3;;1H2;. The number of hydrogen-bond acceptors (Lipinski definition) is 1. The second kappa shape index (κ2) is 16.8. The van der Waals surface area contributed by atoms with Gasteiger partial charge in [-0.05, 0) is 6.42 Å². The van der Waals surface area contributed by atoms with E-state index in [2.05, 4.69) is 0 Å². The van der Waals surface area contributed by atoms with E-state index in [0.717, 1.165) is 6.42 Å². The summed E-state index contributed by atoms with van der Waals surface area (Å²) in [6, 6.07) is 0. The molecule has 0 aromatic carbocycles. The van der Waals surface area contributed by atoms with Crippen LogP contribution >= 0.6 is 13.5 Å². The van der Waals surface area contributed by atoms with Crippen molar-refractivity contribution < 1.29 is 5.11 Å². The quantitative estimate of drug-likeness (QED) is 0.457. The van der Waals surface area contributed by atoms with E-state index in [-0.39, 0.29) is 32.4 Å². The second-order valence-corrected chi connectivity index (χ2v) is 0.724. The van der Waals surface area contributed by atoms with E-state index in [9.17, 15) is 0 Å². The van der Waals surface area contributed by atoms with Crippen LogP contribution in [-0.4, -0.2) is 30.6 Å². The molecule has 0 heterocycles. The molecule has 0 rings (SSSR count). The van der Waals surface area contributed by atoms with Crippen molar-refractivity contribution in [1.82, 2.24) is 0 Å². The van der Waals surface area contributed by atoms with Gasteiger partial charge in [0.2, 0.25) is 0 Å². The van der Waals surface area contributed by atoms with Crippen LogP contribution in [0, 0.1) is 0 Å². The molecule has 0 amide bonds. The van der Waals surface area contributed by atoms with Crippen LogP contribution in [-0.2, 0) is 0 Å². The molecule has 0 saturated carbocycles. The summed E-state index contributed by atoms with van der Waals surface area (Å²) >= 11 is 0. The molecule has 0 aromatic rings. The van der Waals surface area contributed by atoms with Crippen LogP contribution in [0.15, 0.2) is 0 Å². The monoisotopic (exact) mass is 102 g/mol. The van der Waals surface area contributed by atoms with Crippen LogP contribution in [0.3, 0.4) is 0 Å². The first-order valence-corrected chi connectivity index (χ1v) is 1.52. The van der Waals surface area contributed by atoms with Crippen LogP contribution in [0.4, 0.5) is 0 Å². The summed E-state index contributed by atoms with van der Waals surface area (Å²) < 4.78 is 0.